The Hall–Kier alpha value is -2.30. The molecule has 0 atom stereocenters. The predicted molar refractivity (Wildman–Crippen MR) is 83.7 cm³/mol. The molecule has 0 fully saturated rings. The van der Waals surface area contributed by atoms with Crippen LogP contribution in [0, 0.1) is 0 Å². The average molecular weight is 287 g/mol. The lowest BCUT2D eigenvalue weighted by Crippen LogP contribution is -2.17. The first-order valence-electron chi connectivity index (χ1n) is 6.73. The Bertz CT molecular complexity index is 626. The van der Waals surface area contributed by atoms with Crippen LogP contribution < -0.4 is 15.2 Å². The van der Waals surface area contributed by atoms with Crippen molar-refractivity contribution in [2.45, 2.75) is 26.2 Å². The van der Waals surface area contributed by atoms with Gasteiger partial charge in [0.1, 0.15) is 23.1 Å². The molecule has 0 aliphatic heterocycles. The Morgan fingerprint density at radius 3 is 2.05 bits per heavy atom. The number of ether oxygens (including phenoxy) is 2. The number of hydrogen-bond donors (Lipinski definition) is 1. The van der Waals surface area contributed by atoms with E-state index in [4.69, 9.17) is 15.2 Å². The SMILES string of the molecule is COc1cccc(OC)c1-c1cc(N)nc(C(C)(C)C)n1. The number of anilines is 1. The van der Waals surface area contributed by atoms with Crippen molar-refractivity contribution in [2.75, 3.05) is 20.0 Å². The summed E-state index contributed by atoms with van der Waals surface area (Å²) in [4.78, 5) is 8.97. The van der Waals surface area contributed by atoms with E-state index >= 15 is 0 Å². The first kappa shape index (κ1) is 15.1. The monoisotopic (exact) mass is 287 g/mol. The number of nitrogen functional groups attached to an aromatic ring is 1. The summed E-state index contributed by atoms with van der Waals surface area (Å²) in [5.74, 6) is 2.49. The van der Waals surface area contributed by atoms with Crippen molar-refractivity contribution in [1.29, 1.82) is 0 Å². The highest BCUT2D eigenvalue weighted by Gasteiger charge is 2.21. The number of methoxy groups -OCH3 is 2. The van der Waals surface area contributed by atoms with Crippen LogP contribution in [0.25, 0.3) is 11.3 Å². The maximum Gasteiger partial charge on any atom is 0.136 e. The summed E-state index contributed by atoms with van der Waals surface area (Å²) < 4.78 is 10.9. The molecule has 1 heterocycles. The van der Waals surface area contributed by atoms with Crippen LogP contribution in [-0.4, -0.2) is 24.2 Å². The summed E-state index contributed by atoms with van der Waals surface area (Å²) in [5.41, 5.74) is 7.22. The summed E-state index contributed by atoms with van der Waals surface area (Å²) >= 11 is 0. The third-order valence-electron chi connectivity index (χ3n) is 3.10. The van der Waals surface area contributed by atoms with Crippen molar-refractivity contribution in [1.82, 2.24) is 9.97 Å². The van der Waals surface area contributed by atoms with Crippen molar-refractivity contribution in [2.24, 2.45) is 0 Å². The maximum atomic E-state index is 5.94. The van der Waals surface area contributed by atoms with E-state index in [2.05, 4.69) is 9.97 Å². The first-order chi connectivity index (χ1) is 9.86. The van der Waals surface area contributed by atoms with E-state index in [1.165, 1.54) is 0 Å². The fourth-order valence-electron chi connectivity index (χ4n) is 2.03. The second-order valence-corrected chi connectivity index (χ2v) is 5.79. The number of aromatic nitrogens is 2. The summed E-state index contributed by atoms with van der Waals surface area (Å²) in [6.45, 7) is 6.14. The molecule has 0 unspecified atom stereocenters. The molecular weight excluding hydrogens is 266 g/mol. The third-order valence-corrected chi connectivity index (χ3v) is 3.10. The minimum atomic E-state index is -0.195. The van der Waals surface area contributed by atoms with Crippen LogP contribution in [0.15, 0.2) is 24.3 Å². The van der Waals surface area contributed by atoms with Gasteiger partial charge in [0, 0.05) is 11.5 Å². The number of rotatable bonds is 3. The van der Waals surface area contributed by atoms with Crippen molar-refractivity contribution in [3.63, 3.8) is 0 Å². The van der Waals surface area contributed by atoms with E-state index in [9.17, 15) is 0 Å². The molecule has 0 saturated heterocycles. The highest BCUT2D eigenvalue weighted by molar-refractivity contribution is 5.75. The Morgan fingerprint density at radius 2 is 1.57 bits per heavy atom. The second kappa shape index (κ2) is 5.60. The molecule has 5 heteroatoms. The van der Waals surface area contributed by atoms with E-state index in [0.29, 0.717) is 28.8 Å². The van der Waals surface area contributed by atoms with E-state index < -0.39 is 0 Å². The molecule has 0 aliphatic rings. The van der Waals surface area contributed by atoms with Gasteiger partial charge in [0.25, 0.3) is 0 Å². The molecule has 5 nitrogen and oxygen atoms in total. The van der Waals surface area contributed by atoms with Gasteiger partial charge < -0.3 is 15.2 Å². The topological polar surface area (TPSA) is 70.3 Å². The summed E-state index contributed by atoms with van der Waals surface area (Å²) in [6.07, 6.45) is 0. The molecule has 0 bridgehead atoms. The number of hydrogen-bond acceptors (Lipinski definition) is 5. The molecule has 1 aromatic carbocycles. The lowest BCUT2D eigenvalue weighted by molar-refractivity contribution is 0.397. The molecule has 0 aliphatic carbocycles. The molecular formula is C16H21N3O2. The number of benzene rings is 1. The Balaban J connectivity index is 2.70. The normalized spacial score (nSPS) is 11.3. The lowest BCUT2D eigenvalue weighted by atomic mass is 9.95. The van der Waals surface area contributed by atoms with Crippen molar-refractivity contribution in [3.05, 3.63) is 30.1 Å². The van der Waals surface area contributed by atoms with Crippen LogP contribution in [0.3, 0.4) is 0 Å². The average Bonchev–Trinajstić information content (AvgIpc) is 2.44. The van der Waals surface area contributed by atoms with Crippen molar-refractivity contribution in [3.8, 4) is 22.8 Å². The second-order valence-electron chi connectivity index (χ2n) is 5.79. The molecule has 0 radical (unpaired) electrons. The van der Waals surface area contributed by atoms with Gasteiger partial charge in [0.15, 0.2) is 0 Å². The van der Waals surface area contributed by atoms with Gasteiger partial charge >= 0.3 is 0 Å². The molecule has 2 N–H and O–H groups in total. The zero-order chi connectivity index (χ0) is 15.6. The smallest absolute Gasteiger partial charge is 0.136 e. The van der Waals surface area contributed by atoms with Gasteiger partial charge in [0.05, 0.1) is 25.5 Å². The highest BCUT2D eigenvalue weighted by atomic mass is 16.5. The Kier molecular flexibility index (Phi) is 4.02. The van der Waals surface area contributed by atoms with Gasteiger partial charge in [-0.2, -0.15) is 0 Å². The molecule has 2 rings (SSSR count). The van der Waals surface area contributed by atoms with Crippen LogP contribution in [0.1, 0.15) is 26.6 Å². The maximum absolute atomic E-state index is 5.94. The van der Waals surface area contributed by atoms with Crippen molar-refractivity contribution >= 4 is 5.82 Å². The molecule has 2 aromatic rings. The van der Waals surface area contributed by atoms with Gasteiger partial charge in [0.2, 0.25) is 0 Å². The number of nitrogens with two attached hydrogens (primary N) is 1. The fraction of sp³-hybridized carbons (Fsp3) is 0.375. The Labute approximate surface area is 125 Å². The summed E-state index contributed by atoms with van der Waals surface area (Å²) in [6, 6.07) is 7.34. The minimum Gasteiger partial charge on any atom is -0.496 e. The molecule has 0 amide bonds. The van der Waals surface area contributed by atoms with Gasteiger partial charge in [-0.25, -0.2) is 9.97 Å². The van der Waals surface area contributed by atoms with Crippen LogP contribution >= 0.6 is 0 Å². The van der Waals surface area contributed by atoms with Crippen LogP contribution in [0.5, 0.6) is 11.5 Å². The van der Waals surface area contributed by atoms with E-state index in [1.807, 2.05) is 39.0 Å². The van der Waals surface area contributed by atoms with Crippen LogP contribution in [0.2, 0.25) is 0 Å². The van der Waals surface area contributed by atoms with Gasteiger partial charge in [-0.05, 0) is 12.1 Å². The third kappa shape index (κ3) is 3.07. The summed E-state index contributed by atoms with van der Waals surface area (Å²) in [7, 11) is 3.24. The minimum absolute atomic E-state index is 0.195. The number of nitrogens with zero attached hydrogens (tertiary/aromatic N) is 2. The van der Waals surface area contributed by atoms with Gasteiger partial charge in [-0.3, -0.25) is 0 Å². The highest BCUT2D eigenvalue weighted by Crippen LogP contribution is 2.38. The quantitative estimate of drug-likeness (QED) is 0.939. The van der Waals surface area contributed by atoms with Crippen LogP contribution in [-0.2, 0) is 5.41 Å². The molecule has 21 heavy (non-hydrogen) atoms. The van der Waals surface area contributed by atoms with Gasteiger partial charge in [-0.15, -0.1) is 0 Å². The largest absolute Gasteiger partial charge is 0.496 e. The lowest BCUT2D eigenvalue weighted by Gasteiger charge is -2.19. The van der Waals surface area contributed by atoms with Crippen molar-refractivity contribution < 1.29 is 9.47 Å². The molecule has 0 saturated carbocycles. The molecule has 112 valence electrons. The zero-order valence-corrected chi connectivity index (χ0v) is 13.1. The first-order valence-corrected chi connectivity index (χ1v) is 6.73. The molecule has 0 spiro atoms. The summed E-state index contributed by atoms with van der Waals surface area (Å²) in [5, 5.41) is 0. The fourth-order valence-corrected chi connectivity index (χ4v) is 2.03. The van der Waals surface area contributed by atoms with E-state index in [1.54, 1.807) is 20.3 Å². The van der Waals surface area contributed by atoms with Crippen LogP contribution in [0.4, 0.5) is 5.82 Å². The predicted octanol–water partition coefficient (Wildman–Crippen LogP) is 3.04. The zero-order valence-electron chi connectivity index (χ0n) is 13.1. The standard InChI is InChI=1S/C16H21N3O2/c1-16(2,3)15-18-10(9-13(17)19-15)14-11(20-4)7-6-8-12(14)21-5/h6-9H,1-5H3,(H2,17,18,19). The van der Waals surface area contributed by atoms with E-state index in [-0.39, 0.29) is 5.41 Å². The van der Waals surface area contributed by atoms with Gasteiger partial charge in [-0.1, -0.05) is 26.8 Å². The Morgan fingerprint density at radius 1 is 1.00 bits per heavy atom. The van der Waals surface area contributed by atoms with E-state index in [0.717, 1.165) is 5.56 Å². The molecule has 1 aromatic heterocycles.